The fourth-order valence-corrected chi connectivity index (χ4v) is 3.41. The molecule has 0 spiro atoms. The highest BCUT2D eigenvalue weighted by Gasteiger charge is 2.11. The molecule has 3 rings (SSSR count). The number of benzene rings is 1. The Bertz CT molecular complexity index is 760. The van der Waals surface area contributed by atoms with E-state index in [-0.39, 0.29) is 0 Å². The van der Waals surface area contributed by atoms with Crippen molar-refractivity contribution in [2.45, 2.75) is 26.9 Å². The van der Waals surface area contributed by atoms with Crippen LogP contribution >= 0.6 is 11.3 Å². The van der Waals surface area contributed by atoms with Crippen LogP contribution in [-0.2, 0) is 13.1 Å². The van der Waals surface area contributed by atoms with Gasteiger partial charge in [0.2, 0.25) is 0 Å². The maximum Gasteiger partial charge on any atom is 0.194 e. The lowest BCUT2D eigenvalue weighted by Gasteiger charge is -2.07. The van der Waals surface area contributed by atoms with Gasteiger partial charge < -0.3 is 10.1 Å². The molecular weight excluding hydrogens is 282 g/mol. The SMILES string of the molecule is COc1cccc(CNCc2c(C)nc3scc(C)n23)c1. The van der Waals surface area contributed by atoms with Gasteiger partial charge in [-0.1, -0.05) is 12.1 Å². The van der Waals surface area contributed by atoms with E-state index < -0.39 is 0 Å². The molecule has 1 aromatic carbocycles. The first-order chi connectivity index (χ1) is 10.2. The number of thiazole rings is 1. The predicted molar refractivity (Wildman–Crippen MR) is 86.1 cm³/mol. The number of aryl methyl sites for hydroxylation is 2. The van der Waals surface area contributed by atoms with Gasteiger partial charge in [0.05, 0.1) is 18.5 Å². The molecule has 0 unspecified atom stereocenters. The minimum atomic E-state index is 0.807. The third kappa shape index (κ3) is 2.80. The number of nitrogens with one attached hydrogen (secondary N) is 1. The fourth-order valence-electron chi connectivity index (χ4n) is 2.48. The number of hydrogen-bond acceptors (Lipinski definition) is 4. The van der Waals surface area contributed by atoms with Gasteiger partial charge in [0.1, 0.15) is 5.75 Å². The van der Waals surface area contributed by atoms with E-state index in [1.54, 1.807) is 18.4 Å². The molecule has 0 bridgehead atoms. The van der Waals surface area contributed by atoms with Crippen molar-refractivity contribution >= 4 is 16.3 Å². The Kier molecular flexibility index (Phi) is 3.94. The van der Waals surface area contributed by atoms with Crippen LogP contribution in [-0.4, -0.2) is 16.5 Å². The van der Waals surface area contributed by atoms with Crippen molar-refractivity contribution in [2.75, 3.05) is 7.11 Å². The molecule has 3 aromatic rings. The molecule has 0 saturated carbocycles. The number of rotatable bonds is 5. The van der Waals surface area contributed by atoms with Gasteiger partial charge in [-0.2, -0.15) is 0 Å². The molecule has 0 atom stereocenters. The van der Waals surface area contributed by atoms with Crippen LogP contribution < -0.4 is 10.1 Å². The van der Waals surface area contributed by atoms with E-state index in [9.17, 15) is 0 Å². The van der Waals surface area contributed by atoms with E-state index in [0.717, 1.165) is 29.5 Å². The van der Waals surface area contributed by atoms with Crippen LogP contribution in [0.15, 0.2) is 29.6 Å². The van der Waals surface area contributed by atoms with Crippen molar-refractivity contribution in [1.29, 1.82) is 0 Å². The minimum absolute atomic E-state index is 0.807. The Morgan fingerprint density at radius 3 is 2.95 bits per heavy atom. The first-order valence-electron chi connectivity index (χ1n) is 6.94. The maximum absolute atomic E-state index is 5.25. The Morgan fingerprint density at radius 2 is 2.14 bits per heavy atom. The molecule has 5 heteroatoms. The topological polar surface area (TPSA) is 38.6 Å². The lowest BCUT2D eigenvalue weighted by Crippen LogP contribution is -2.15. The predicted octanol–water partition coefficient (Wildman–Crippen LogP) is 3.31. The summed E-state index contributed by atoms with van der Waals surface area (Å²) in [5.41, 5.74) is 4.80. The van der Waals surface area contributed by atoms with Crippen LogP contribution in [0, 0.1) is 13.8 Å². The number of imidazole rings is 1. The summed E-state index contributed by atoms with van der Waals surface area (Å²) in [7, 11) is 1.69. The summed E-state index contributed by atoms with van der Waals surface area (Å²) in [6.07, 6.45) is 0. The van der Waals surface area contributed by atoms with Gasteiger partial charge >= 0.3 is 0 Å². The van der Waals surface area contributed by atoms with Crippen LogP contribution in [0.2, 0.25) is 0 Å². The highest BCUT2D eigenvalue weighted by Crippen LogP contribution is 2.20. The van der Waals surface area contributed by atoms with E-state index >= 15 is 0 Å². The Hall–Kier alpha value is -1.85. The van der Waals surface area contributed by atoms with Gasteiger partial charge in [0.15, 0.2) is 4.96 Å². The monoisotopic (exact) mass is 301 g/mol. The Labute approximate surface area is 128 Å². The number of methoxy groups -OCH3 is 1. The number of hydrogen-bond donors (Lipinski definition) is 1. The Balaban J connectivity index is 1.71. The largest absolute Gasteiger partial charge is 0.497 e. The lowest BCUT2D eigenvalue weighted by atomic mass is 10.2. The average Bonchev–Trinajstić information content (AvgIpc) is 3.00. The molecule has 0 saturated heterocycles. The van der Waals surface area contributed by atoms with E-state index in [4.69, 9.17) is 4.74 Å². The third-order valence-corrected chi connectivity index (χ3v) is 4.53. The molecule has 0 aliphatic carbocycles. The van der Waals surface area contributed by atoms with Crippen LogP contribution in [0.25, 0.3) is 4.96 Å². The second-order valence-electron chi connectivity index (χ2n) is 5.09. The average molecular weight is 301 g/mol. The van der Waals surface area contributed by atoms with Crippen molar-refractivity contribution in [3.05, 3.63) is 52.3 Å². The molecule has 0 aliphatic rings. The first kappa shape index (κ1) is 14.1. The molecule has 1 N–H and O–H groups in total. The molecule has 0 radical (unpaired) electrons. The zero-order valence-corrected chi connectivity index (χ0v) is 13.3. The summed E-state index contributed by atoms with van der Waals surface area (Å²) in [5.74, 6) is 0.894. The lowest BCUT2D eigenvalue weighted by molar-refractivity contribution is 0.414. The van der Waals surface area contributed by atoms with Gasteiger partial charge in [-0.05, 0) is 31.5 Å². The summed E-state index contributed by atoms with van der Waals surface area (Å²) in [4.78, 5) is 5.68. The third-order valence-electron chi connectivity index (χ3n) is 3.59. The normalized spacial score (nSPS) is 11.2. The Morgan fingerprint density at radius 1 is 1.29 bits per heavy atom. The molecule has 110 valence electrons. The van der Waals surface area contributed by atoms with Crippen molar-refractivity contribution in [3.63, 3.8) is 0 Å². The molecule has 4 nitrogen and oxygen atoms in total. The van der Waals surface area contributed by atoms with Crippen molar-refractivity contribution < 1.29 is 4.74 Å². The van der Waals surface area contributed by atoms with Crippen LogP contribution in [0.4, 0.5) is 0 Å². The van der Waals surface area contributed by atoms with E-state index in [1.807, 2.05) is 12.1 Å². The van der Waals surface area contributed by atoms with Crippen LogP contribution in [0.3, 0.4) is 0 Å². The number of fused-ring (bicyclic) bond motifs is 1. The zero-order valence-electron chi connectivity index (χ0n) is 12.5. The van der Waals surface area contributed by atoms with E-state index in [1.165, 1.54) is 17.0 Å². The van der Waals surface area contributed by atoms with Crippen LogP contribution in [0.1, 0.15) is 22.6 Å². The summed E-state index contributed by atoms with van der Waals surface area (Å²) < 4.78 is 7.48. The van der Waals surface area contributed by atoms with Crippen molar-refractivity contribution in [1.82, 2.24) is 14.7 Å². The minimum Gasteiger partial charge on any atom is -0.497 e. The highest BCUT2D eigenvalue weighted by atomic mass is 32.1. The summed E-state index contributed by atoms with van der Waals surface area (Å²) in [6, 6.07) is 8.13. The van der Waals surface area contributed by atoms with Crippen molar-refractivity contribution in [3.8, 4) is 5.75 Å². The van der Waals surface area contributed by atoms with Gasteiger partial charge in [-0.25, -0.2) is 4.98 Å². The molecule has 0 amide bonds. The van der Waals surface area contributed by atoms with Gasteiger partial charge in [-0.15, -0.1) is 11.3 Å². The molecule has 21 heavy (non-hydrogen) atoms. The number of aromatic nitrogens is 2. The summed E-state index contributed by atoms with van der Waals surface area (Å²) >= 11 is 1.69. The first-order valence-corrected chi connectivity index (χ1v) is 7.82. The molecule has 2 heterocycles. The highest BCUT2D eigenvalue weighted by molar-refractivity contribution is 7.15. The molecule has 0 fully saturated rings. The smallest absolute Gasteiger partial charge is 0.194 e. The second kappa shape index (κ2) is 5.87. The fraction of sp³-hybridized carbons (Fsp3) is 0.312. The van der Waals surface area contributed by atoms with Crippen molar-refractivity contribution in [2.24, 2.45) is 0 Å². The summed E-state index contributed by atoms with van der Waals surface area (Å²) in [5, 5.41) is 5.64. The molecular formula is C16H19N3OS. The van der Waals surface area contributed by atoms with E-state index in [0.29, 0.717) is 0 Å². The molecule has 0 aliphatic heterocycles. The number of nitrogens with zero attached hydrogens (tertiary/aromatic N) is 2. The van der Waals surface area contributed by atoms with Gasteiger partial charge in [-0.3, -0.25) is 4.40 Å². The summed E-state index contributed by atoms with van der Waals surface area (Å²) in [6.45, 7) is 5.81. The number of ether oxygens (including phenoxy) is 1. The van der Waals surface area contributed by atoms with Gasteiger partial charge in [0.25, 0.3) is 0 Å². The van der Waals surface area contributed by atoms with E-state index in [2.05, 4.69) is 46.1 Å². The maximum atomic E-state index is 5.25. The van der Waals surface area contributed by atoms with Gasteiger partial charge in [0, 0.05) is 24.2 Å². The zero-order chi connectivity index (χ0) is 14.8. The molecule has 2 aromatic heterocycles. The van der Waals surface area contributed by atoms with Crippen LogP contribution in [0.5, 0.6) is 5.75 Å². The standard InChI is InChI=1S/C16H19N3OS/c1-11-10-21-16-18-12(2)15(19(11)16)9-17-8-13-5-4-6-14(7-13)20-3/h4-7,10,17H,8-9H2,1-3H3. The quantitative estimate of drug-likeness (QED) is 0.786. The second-order valence-corrected chi connectivity index (χ2v) is 5.93.